The third-order valence-electron chi connectivity index (χ3n) is 1.91. The fraction of sp³-hybridized carbons (Fsp3) is 0.800. The molecule has 12 heavy (non-hydrogen) atoms. The number of carbonyl (C=O) groups excluding carboxylic acids is 2. The molecule has 0 saturated heterocycles. The van der Waals surface area contributed by atoms with Crippen LogP contribution in [-0.4, -0.2) is 12.1 Å². The first-order chi connectivity index (χ1) is 5.81. The highest BCUT2D eigenvalue weighted by Gasteiger charge is 1.97. The smallest absolute Gasteiger partial charge is 0.195 e. The van der Waals surface area contributed by atoms with Crippen LogP contribution in [-0.2, 0) is 9.59 Å². The highest BCUT2D eigenvalue weighted by molar-refractivity contribution is 6.24. The van der Waals surface area contributed by atoms with Crippen molar-refractivity contribution < 1.29 is 9.59 Å². The molecule has 0 bridgehead atoms. The molecule has 0 aromatic heterocycles. The SMILES string of the molecule is CCCCCCCCC(=O)C=O. The predicted octanol–water partition coefficient (Wildman–Crippen LogP) is 2.51. The van der Waals surface area contributed by atoms with Gasteiger partial charge in [0.05, 0.1) is 0 Å². The molecule has 0 radical (unpaired) electrons. The molecule has 0 rings (SSSR count). The molecule has 70 valence electrons. The van der Waals surface area contributed by atoms with Gasteiger partial charge in [-0.25, -0.2) is 0 Å². The van der Waals surface area contributed by atoms with Gasteiger partial charge in [0.25, 0.3) is 0 Å². The molecule has 0 aliphatic carbocycles. The summed E-state index contributed by atoms with van der Waals surface area (Å²) < 4.78 is 0. The fourth-order valence-corrected chi connectivity index (χ4v) is 1.14. The van der Waals surface area contributed by atoms with Crippen molar-refractivity contribution in [3.63, 3.8) is 0 Å². The maximum Gasteiger partial charge on any atom is 0.195 e. The Morgan fingerprint density at radius 1 is 1.08 bits per heavy atom. The summed E-state index contributed by atoms with van der Waals surface area (Å²) >= 11 is 0. The minimum atomic E-state index is -0.259. The Morgan fingerprint density at radius 2 is 1.67 bits per heavy atom. The van der Waals surface area contributed by atoms with Crippen LogP contribution in [0.3, 0.4) is 0 Å². The molecule has 0 amide bonds. The first-order valence-corrected chi connectivity index (χ1v) is 4.79. The molecule has 0 aliphatic rings. The molecule has 0 aromatic rings. The highest BCUT2D eigenvalue weighted by Crippen LogP contribution is 2.06. The van der Waals surface area contributed by atoms with Crippen molar-refractivity contribution in [1.29, 1.82) is 0 Å². The van der Waals surface area contributed by atoms with E-state index in [1.54, 1.807) is 0 Å². The van der Waals surface area contributed by atoms with Gasteiger partial charge in [-0.05, 0) is 6.42 Å². The first-order valence-electron chi connectivity index (χ1n) is 4.79. The van der Waals surface area contributed by atoms with E-state index in [9.17, 15) is 9.59 Å². The molecular formula is C10H18O2. The minimum absolute atomic E-state index is 0.259. The van der Waals surface area contributed by atoms with Crippen LogP contribution >= 0.6 is 0 Å². The Balaban J connectivity index is 3.00. The zero-order chi connectivity index (χ0) is 9.23. The molecular weight excluding hydrogens is 152 g/mol. The van der Waals surface area contributed by atoms with E-state index < -0.39 is 0 Å². The van der Waals surface area contributed by atoms with Crippen LogP contribution in [0.1, 0.15) is 51.9 Å². The molecule has 0 N–H and O–H groups in total. The van der Waals surface area contributed by atoms with Gasteiger partial charge in [-0.3, -0.25) is 9.59 Å². The second kappa shape index (κ2) is 8.44. The zero-order valence-electron chi connectivity index (χ0n) is 7.84. The van der Waals surface area contributed by atoms with Crippen molar-refractivity contribution >= 4 is 12.1 Å². The summed E-state index contributed by atoms with van der Waals surface area (Å²) in [5.41, 5.74) is 0. The number of hydrogen-bond acceptors (Lipinski definition) is 2. The second-order valence-electron chi connectivity index (χ2n) is 3.10. The summed E-state index contributed by atoms with van der Waals surface area (Å²) in [7, 11) is 0. The largest absolute Gasteiger partial charge is 0.295 e. The van der Waals surface area contributed by atoms with Crippen LogP contribution in [0.2, 0.25) is 0 Å². The number of aldehydes is 1. The lowest BCUT2D eigenvalue weighted by molar-refractivity contribution is -0.129. The van der Waals surface area contributed by atoms with Crippen LogP contribution < -0.4 is 0 Å². The molecule has 0 heterocycles. The summed E-state index contributed by atoms with van der Waals surface area (Å²) in [4.78, 5) is 20.5. The first kappa shape index (κ1) is 11.3. The number of rotatable bonds is 8. The molecule has 0 spiro atoms. The minimum Gasteiger partial charge on any atom is -0.295 e. The van der Waals surface area contributed by atoms with Gasteiger partial charge >= 0.3 is 0 Å². The number of carbonyl (C=O) groups is 2. The van der Waals surface area contributed by atoms with Gasteiger partial charge < -0.3 is 0 Å². The monoisotopic (exact) mass is 170 g/mol. The lowest BCUT2D eigenvalue weighted by atomic mass is 10.1. The van der Waals surface area contributed by atoms with E-state index in [1.807, 2.05) is 0 Å². The van der Waals surface area contributed by atoms with Crippen LogP contribution in [0.5, 0.6) is 0 Å². The Morgan fingerprint density at radius 3 is 2.25 bits per heavy atom. The lowest BCUT2D eigenvalue weighted by Crippen LogP contribution is -1.97. The van der Waals surface area contributed by atoms with Crippen molar-refractivity contribution in [3.05, 3.63) is 0 Å². The average molecular weight is 170 g/mol. The van der Waals surface area contributed by atoms with Gasteiger partial charge in [0.15, 0.2) is 12.1 Å². The summed E-state index contributed by atoms with van der Waals surface area (Å²) in [6.45, 7) is 2.18. The van der Waals surface area contributed by atoms with Crippen LogP contribution in [0.25, 0.3) is 0 Å². The topological polar surface area (TPSA) is 34.1 Å². The quantitative estimate of drug-likeness (QED) is 0.318. The molecule has 0 atom stereocenters. The van der Waals surface area contributed by atoms with Gasteiger partial charge in [-0.2, -0.15) is 0 Å². The molecule has 2 heteroatoms. The molecule has 0 fully saturated rings. The van der Waals surface area contributed by atoms with Crippen molar-refractivity contribution in [1.82, 2.24) is 0 Å². The van der Waals surface area contributed by atoms with Gasteiger partial charge in [-0.15, -0.1) is 0 Å². The lowest BCUT2D eigenvalue weighted by Gasteiger charge is -1.97. The number of unbranched alkanes of at least 4 members (excludes halogenated alkanes) is 5. The van der Waals surface area contributed by atoms with Gasteiger partial charge in [-0.1, -0.05) is 39.0 Å². The van der Waals surface area contributed by atoms with Crippen molar-refractivity contribution in [3.8, 4) is 0 Å². The van der Waals surface area contributed by atoms with E-state index in [0.29, 0.717) is 12.7 Å². The maximum atomic E-state index is 10.5. The number of Topliss-reactive ketones (excluding diaryl/α,β-unsaturated/α-hetero) is 1. The highest BCUT2D eigenvalue weighted by atomic mass is 16.2. The van der Waals surface area contributed by atoms with E-state index in [-0.39, 0.29) is 5.78 Å². The number of ketones is 1. The van der Waals surface area contributed by atoms with Crippen LogP contribution in [0.15, 0.2) is 0 Å². The van der Waals surface area contributed by atoms with Crippen LogP contribution in [0.4, 0.5) is 0 Å². The third kappa shape index (κ3) is 7.45. The third-order valence-corrected chi connectivity index (χ3v) is 1.91. The molecule has 0 unspecified atom stereocenters. The summed E-state index contributed by atoms with van der Waals surface area (Å²) in [5, 5.41) is 0. The summed E-state index contributed by atoms with van der Waals surface area (Å²) in [5.74, 6) is -0.259. The Bertz CT molecular complexity index is 130. The van der Waals surface area contributed by atoms with Crippen LogP contribution in [0, 0.1) is 0 Å². The molecule has 0 aromatic carbocycles. The predicted molar refractivity (Wildman–Crippen MR) is 49.1 cm³/mol. The fourth-order valence-electron chi connectivity index (χ4n) is 1.14. The number of hydrogen-bond donors (Lipinski definition) is 0. The molecule has 2 nitrogen and oxygen atoms in total. The molecule has 0 saturated carbocycles. The average Bonchev–Trinajstić information content (AvgIpc) is 2.10. The maximum absolute atomic E-state index is 10.5. The van der Waals surface area contributed by atoms with E-state index in [1.165, 1.54) is 25.7 Å². The normalized spacial score (nSPS) is 9.75. The van der Waals surface area contributed by atoms with Crippen molar-refractivity contribution in [2.24, 2.45) is 0 Å². The van der Waals surface area contributed by atoms with Gasteiger partial charge in [0, 0.05) is 6.42 Å². The van der Waals surface area contributed by atoms with E-state index >= 15 is 0 Å². The van der Waals surface area contributed by atoms with Crippen molar-refractivity contribution in [2.75, 3.05) is 0 Å². The Labute approximate surface area is 74.3 Å². The van der Waals surface area contributed by atoms with E-state index in [2.05, 4.69) is 6.92 Å². The van der Waals surface area contributed by atoms with Gasteiger partial charge in [0.2, 0.25) is 0 Å². The van der Waals surface area contributed by atoms with E-state index in [4.69, 9.17) is 0 Å². The summed E-state index contributed by atoms with van der Waals surface area (Å²) in [6, 6.07) is 0. The zero-order valence-corrected chi connectivity index (χ0v) is 7.84. The molecule has 0 aliphatic heterocycles. The van der Waals surface area contributed by atoms with E-state index in [0.717, 1.165) is 12.8 Å². The standard InChI is InChI=1S/C10H18O2/c1-2-3-4-5-6-7-8-10(12)9-11/h9H,2-8H2,1H3. The Hall–Kier alpha value is -0.660. The second-order valence-corrected chi connectivity index (χ2v) is 3.10. The van der Waals surface area contributed by atoms with Crippen molar-refractivity contribution in [2.45, 2.75) is 51.9 Å². The van der Waals surface area contributed by atoms with Gasteiger partial charge in [0.1, 0.15) is 0 Å². The Kier molecular flexibility index (Phi) is 7.97. The summed E-state index contributed by atoms with van der Waals surface area (Å²) in [6.07, 6.45) is 7.79.